The van der Waals surface area contributed by atoms with Gasteiger partial charge in [-0.25, -0.2) is 9.37 Å². The summed E-state index contributed by atoms with van der Waals surface area (Å²) in [5.41, 5.74) is 4.35. The molecule has 4 aliphatic rings. The topological polar surface area (TPSA) is 108 Å². The molecule has 8 nitrogen and oxygen atoms in total. The quantitative estimate of drug-likeness (QED) is 0.434. The fraction of sp³-hybridized carbons (Fsp3) is 0.484. The Morgan fingerprint density at radius 3 is 2.67 bits per heavy atom. The number of aromatic amines is 1. The van der Waals surface area contributed by atoms with Crippen molar-refractivity contribution in [3.05, 3.63) is 53.9 Å². The van der Waals surface area contributed by atoms with E-state index in [4.69, 9.17) is 9.47 Å². The number of amides is 1. The normalized spacial score (nSPS) is 28.7. The maximum Gasteiger partial charge on any atom is 0.249 e. The molecule has 1 aromatic carbocycles. The number of hydrogen-bond acceptors (Lipinski definition) is 6. The third-order valence-electron chi connectivity index (χ3n) is 8.68. The van der Waals surface area contributed by atoms with Crippen LogP contribution in [0.1, 0.15) is 51.5 Å². The monoisotopic (exact) mass is 549 g/mol. The van der Waals surface area contributed by atoms with Gasteiger partial charge in [-0.1, -0.05) is 44.2 Å². The lowest BCUT2D eigenvalue weighted by Crippen LogP contribution is -2.44. The summed E-state index contributed by atoms with van der Waals surface area (Å²) >= 11 is 0. The minimum Gasteiger partial charge on any atom is -0.473 e. The third-order valence-corrected chi connectivity index (χ3v) is 8.68. The lowest BCUT2D eigenvalue weighted by molar-refractivity contribution is -0.136. The van der Waals surface area contributed by atoms with Crippen LogP contribution in [0.4, 0.5) is 4.39 Å². The minimum absolute atomic E-state index is 0.0232. The molecule has 2 aromatic heterocycles. The van der Waals surface area contributed by atoms with Crippen LogP contribution in [0.5, 0.6) is 5.88 Å². The van der Waals surface area contributed by atoms with Gasteiger partial charge in [-0.3, -0.25) is 4.79 Å². The molecule has 2 bridgehead atoms. The summed E-state index contributed by atoms with van der Waals surface area (Å²) in [6.45, 7) is 3.89. The molecule has 2 saturated heterocycles. The van der Waals surface area contributed by atoms with Gasteiger partial charge < -0.3 is 29.6 Å². The van der Waals surface area contributed by atoms with Crippen molar-refractivity contribution in [1.29, 1.82) is 0 Å². The first-order chi connectivity index (χ1) is 19.5. The summed E-state index contributed by atoms with van der Waals surface area (Å²) < 4.78 is 27.0. The molecule has 3 unspecified atom stereocenters. The van der Waals surface area contributed by atoms with Crippen LogP contribution in [0.25, 0.3) is 27.9 Å². The molecule has 6 atom stereocenters. The predicted octanol–water partition coefficient (Wildman–Crippen LogP) is 4.45. The Balaban J connectivity index is 0.00000142. The molecule has 3 aromatic rings. The highest BCUT2D eigenvalue weighted by Crippen LogP contribution is 2.40. The summed E-state index contributed by atoms with van der Waals surface area (Å²) in [5, 5.41) is 19.4. The van der Waals surface area contributed by atoms with Gasteiger partial charge in [0.15, 0.2) is 11.7 Å². The number of aliphatic hydroxyl groups excluding tert-OH is 2. The molecule has 1 amide bonds. The SMILES string of the molecule is CC.O=C(CO)N1C2C=C(c3ccc(-c4nc5cc(O[C@@H]6CCC7[C@H](O)CO[C@@H]76)[nH]c5cc4F)cc3)CC1CC2. The van der Waals surface area contributed by atoms with Crippen LogP contribution < -0.4 is 4.74 Å². The first kappa shape index (κ1) is 26.9. The number of benzene rings is 1. The van der Waals surface area contributed by atoms with Crippen LogP contribution in [0.3, 0.4) is 0 Å². The van der Waals surface area contributed by atoms with E-state index in [2.05, 4.69) is 16.0 Å². The van der Waals surface area contributed by atoms with Crippen LogP contribution in [-0.4, -0.2) is 74.6 Å². The number of hydrogen-bond donors (Lipinski definition) is 3. The van der Waals surface area contributed by atoms with Gasteiger partial charge in [0, 0.05) is 29.7 Å². The molecule has 40 heavy (non-hydrogen) atoms. The van der Waals surface area contributed by atoms with E-state index in [0.29, 0.717) is 29.1 Å². The third kappa shape index (κ3) is 4.70. The first-order valence-electron chi connectivity index (χ1n) is 14.4. The molecule has 3 aliphatic heterocycles. The molecular formula is C31H36FN3O5. The molecule has 3 fully saturated rings. The van der Waals surface area contributed by atoms with Crippen molar-refractivity contribution >= 4 is 22.5 Å². The lowest BCUT2D eigenvalue weighted by Gasteiger charge is -2.33. The van der Waals surface area contributed by atoms with Crippen molar-refractivity contribution in [3.8, 4) is 17.1 Å². The number of nitrogens with zero attached hydrogens (tertiary/aromatic N) is 2. The molecule has 1 saturated carbocycles. The summed E-state index contributed by atoms with van der Waals surface area (Å²) in [4.78, 5) is 21.7. The summed E-state index contributed by atoms with van der Waals surface area (Å²) in [5.74, 6) is -0.00919. The maximum absolute atomic E-state index is 15.1. The van der Waals surface area contributed by atoms with Gasteiger partial charge >= 0.3 is 0 Å². The molecule has 5 heterocycles. The maximum atomic E-state index is 15.1. The number of carbonyl (C=O) groups is 1. The first-order valence-corrected chi connectivity index (χ1v) is 14.4. The van der Waals surface area contributed by atoms with Crippen LogP contribution in [0.15, 0.2) is 42.5 Å². The highest BCUT2D eigenvalue weighted by atomic mass is 19.1. The number of nitrogens with one attached hydrogen (secondary N) is 1. The van der Waals surface area contributed by atoms with Crippen molar-refractivity contribution in [1.82, 2.24) is 14.9 Å². The van der Waals surface area contributed by atoms with E-state index < -0.39 is 18.5 Å². The second kappa shape index (κ2) is 11.0. The Morgan fingerprint density at radius 2 is 1.93 bits per heavy atom. The number of halogens is 1. The number of rotatable bonds is 5. The largest absolute Gasteiger partial charge is 0.473 e. The Hall–Kier alpha value is -3.27. The zero-order valence-electron chi connectivity index (χ0n) is 22.8. The number of H-pyrrole nitrogens is 1. The number of aromatic nitrogens is 2. The van der Waals surface area contributed by atoms with Gasteiger partial charge in [0.05, 0.1) is 35.9 Å². The fourth-order valence-electron chi connectivity index (χ4n) is 6.85. The van der Waals surface area contributed by atoms with Gasteiger partial charge in [-0.15, -0.1) is 0 Å². The molecular weight excluding hydrogens is 513 g/mol. The molecule has 0 radical (unpaired) electrons. The van der Waals surface area contributed by atoms with E-state index in [1.54, 1.807) is 6.07 Å². The second-order valence-corrected chi connectivity index (χ2v) is 10.9. The van der Waals surface area contributed by atoms with E-state index in [1.165, 1.54) is 11.6 Å². The van der Waals surface area contributed by atoms with Gasteiger partial charge in [0.1, 0.15) is 18.4 Å². The summed E-state index contributed by atoms with van der Waals surface area (Å²) in [6, 6.07) is 11.1. The summed E-state index contributed by atoms with van der Waals surface area (Å²) in [6.07, 6.45) is 5.67. The predicted molar refractivity (Wildman–Crippen MR) is 149 cm³/mol. The smallest absolute Gasteiger partial charge is 0.249 e. The van der Waals surface area contributed by atoms with Crippen molar-refractivity contribution in [3.63, 3.8) is 0 Å². The van der Waals surface area contributed by atoms with E-state index in [-0.39, 0.29) is 41.8 Å². The van der Waals surface area contributed by atoms with E-state index >= 15 is 4.39 Å². The summed E-state index contributed by atoms with van der Waals surface area (Å²) in [7, 11) is 0. The number of pyridine rings is 1. The molecule has 0 spiro atoms. The number of fused-ring (bicyclic) bond motifs is 4. The molecule has 9 heteroatoms. The molecule has 7 rings (SSSR count). The average Bonchev–Trinajstić information content (AvgIpc) is 3.73. The van der Waals surface area contributed by atoms with Crippen molar-refractivity contribution in [2.45, 2.75) is 76.3 Å². The zero-order valence-corrected chi connectivity index (χ0v) is 22.8. The van der Waals surface area contributed by atoms with E-state index in [0.717, 1.165) is 37.7 Å². The Bertz CT molecular complexity index is 1420. The van der Waals surface area contributed by atoms with Crippen LogP contribution in [-0.2, 0) is 9.53 Å². The van der Waals surface area contributed by atoms with Crippen LogP contribution in [0.2, 0.25) is 0 Å². The minimum atomic E-state index is -0.456. The van der Waals surface area contributed by atoms with Crippen molar-refractivity contribution in [2.24, 2.45) is 5.92 Å². The Kier molecular flexibility index (Phi) is 7.37. The van der Waals surface area contributed by atoms with Gasteiger partial charge in [-0.05, 0) is 43.2 Å². The number of aliphatic hydroxyl groups is 2. The van der Waals surface area contributed by atoms with Crippen molar-refractivity contribution in [2.75, 3.05) is 13.2 Å². The van der Waals surface area contributed by atoms with Crippen LogP contribution in [0, 0.1) is 11.7 Å². The highest BCUT2D eigenvalue weighted by molar-refractivity contribution is 5.82. The molecule has 212 valence electrons. The second-order valence-electron chi connectivity index (χ2n) is 10.9. The highest BCUT2D eigenvalue weighted by Gasteiger charge is 2.47. The standard InChI is InChI=1S/C29H30FN3O5.C2H6/c30-21-11-22-23(12-26(31-22)38-25-8-7-20-24(35)14-37-29(20)25)32-28(21)16-3-1-15(2-4-16)17-9-18-5-6-19(10-17)33(18)27(36)13-34;1-2/h1-4,9,11-12,18-20,24-25,29,31,34-35H,5-8,10,13-14H2;1-2H3/t18?,19?,20?,24-,25-,29+;/m1./s1. The van der Waals surface area contributed by atoms with Gasteiger partial charge in [0.25, 0.3) is 0 Å². The van der Waals surface area contributed by atoms with Crippen molar-refractivity contribution < 1.29 is 28.9 Å². The number of carbonyl (C=O) groups excluding carboxylic acids is 1. The van der Waals surface area contributed by atoms with Gasteiger partial charge in [0.2, 0.25) is 5.91 Å². The van der Waals surface area contributed by atoms with E-state index in [9.17, 15) is 15.0 Å². The van der Waals surface area contributed by atoms with Gasteiger partial charge in [-0.2, -0.15) is 0 Å². The van der Waals surface area contributed by atoms with E-state index in [1.807, 2.05) is 43.0 Å². The zero-order chi connectivity index (χ0) is 28.0. The molecule has 3 N–H and O–H groups in total. The fourth-order valence-corrected chi connectivity index (χ4v) is 6.85. The van der Waals surface area contributed by atoms with Crippen LogP contribution >= 0.6 is 0 Å². The Morgan fingerprint density at radius 1 is 1.15 bits per heavy atom. The average molecular weight is 550 g/mol. The number of ether oxygens (including phenoxy) is 2. The Labute approximate surface area is 232 Å². The lowest BCUT2D eigenvalue weighted by atomic mass is 9.93. The molecule has 1 aliphatic carbocycles.